The van der Waals surface area contributed by atoms with Gasteiger partial charge in [0.25, 0.3) is 0 Å². The van der Waals surface area contributed by atoms with Crippen LogP contribution in [0.2, 0.25) is 0 Å². The molecule has 138 valence electrons. The van der Waals surface area contributed by atoms with Crippen molar-refractivity contribution in [1.29, 1.82) is 0 Å². The van der Waals surface area contributed by atoms with Crippen LogP contribution in [0.25, 0.3) is 11.1 Å². The fourth-order valence-electron chi connectivity index (χ4n) is 3.50. The maximum Gasteiger partial charge on any atom is 0.420 e. The van der Waals surface area contributed by atoms with Gasteiger partial charge in [-0.3, -0.25) is 4.90 Å². The number of rotatable bonds is 4. The fourth-order valence-corrected chi connectivity index (χ4v) is 3.50. The van der Waals surface area contributed by atoms with Crippen LogP contribution in [-0.4, -0.2) is 34.2 Å². The smallest absolute Gasteiger partial charge is 0.420 e. The van der Waals surface area contributed by atoms with Gasteiger partial charge in [0.1, 0.15) is 11.1 Å². The van der Waals surface area contributed by atoms with E-state index in [-0.39, 0.29) is 23.1 Å². The fraction of sp³-hybridized carbons (Fsp3) is 0.611. The number of likely N-dealkylation sites (N-methyl/N-ethyl adjacent to an activating group) is 1. The summed E-state index contributed by atoms with van der Waals surface area (Å²) in [6.45, 7) is 3.98. The molecule has 1 fully saturated rings. The van der Waals surface area contributed by atoms with Gasteiger partial charge in [-0.1, -0.05) is 13.8 Å². The molecule has 1 aliphatic carbocycles. The van der Waals surface area contributed by atoms with E-state index in [1.807, 2.05) is 25.8 Å². The summed E-state index contributed by atoms with van der Waals surface area (Å²) in [6, 6.07) is 2.77. The van der Waals surface area contributed by atoms with Crippen LogP contribution < -0.4 is 0 Å². The van der Waals surface area contributed by atoms with Crippen LogP contribution in [0, 0.1) is 0 Å². The number of nitrogens with zero attached hydrogens (tertiary/aromatic N) is 2. The number of hydrogen-bond donors (Lipinski definition) is 1. The molecule has 1 saturated carbocycles. The molecular weight excluding hydrogens is 333 g/mol. The molecule has 0 unspecified atom stereocenters. The molecule has 25 heavy (non-hydrogen) atoms. The Kier molecular flexibility index (Phi) is 4.81. The van der Waals surface area contributed by atoms with Crippen molar-refractivity contribution in [2.45, 2.75) is 63.9 Å². The van der Waals surface area contributed by atoms with E-state index in [2.05, 4.69) is 4.98 Å². The molecule has 1 aromatic heterocycles. The Balaban J connectivity index is 1.98. The Hall–Kier alpha value is -1.60. The third-order valence-electron chi connectivity index (χ3n) is 4.81. The van der Waals surface area contributed by atoms with Crippen LogP contribution in [-0.2, 0) is 12.7 Å². The monoisotopic (exact) mass is 356 g/mol. The highest BCUT2D eigenvalue weighted by molar-refractivity contribution is 5.78. The second kappa shape index (κ2) is 6.61. The second-order valence-electron chi connectivity index (χ2n) is 7.18. The van der Waals surface area contributed by atoms with Gasteiger partial charge in [0, 0.05) is 18.5 Å². The quantitative estimate of drug-likeness (QED) is 0.887. The zero-order valence-corrected chi connectivity index (χ0v) is 14.6. The molecule has 1 aromatic carbocycles. The summed E-state index contributed by atoms with van der Waals surface area (Å²) in [5.41, 5.74) is -0.248. The van der Waals surface area contributed by atoms with Gasteiger partial charge in [0.2, 0.25) is 0 Å². The van der Waals surface area contributed by atoms with Crippen LogP contribution in [0.5, 0.6) is 0 Å². The number of halogens is 3. The van der Waals surface area contributed by atoms with Crippen molar-refractivity contribution in [3.05, 3.63) is 29.2 Å². The van der Waals surface area contributed by atoms with Crippen LogP contribution >= 0.6 is 0 Å². The minimum Gasteiger partial charge on any atom is -0.440 e. The van der Waals surface area contributed by atoms with Gasteiger partial charge in [-0.25, -0.2) is 4.98 Å². The van der Waals surface area contributed by atoms with E-state index in [1.54, 1.807) is 6.07 Å². The zero-order chi connectivity index (χ0) is 18.4. The van der Waals surface area contributed by atoms with Crippen LogP contribution in [0.15, 0.2) is 16.5 Å². The Morgan fingerprint density at radius 2 is 2.04 bits per heavy atom. The summed E-state index contributed by atoms with van der Waals surface area (Å²) in [5.74, 6) is 0.213. The van der Waals surface area contributed by atoms with E-state index in [1.165, 1.54) is 0 Å². The van der Waals surface area contributed by atoms with Crippen molar-refractivity contribution in [1.82, 2.24) is 9.88 Å². The number of oxazole rings is 1. The van der Waals surface area contributed by atoms with Gasteiger partial charge >= 0.3 is 6.18 Å². The lowest BCUT2D eigenvalue weighted by Crippen LogP contribution is -2.37. The van der Waals surface area contributed by atoms with Crippen molar-refractivity contribution in [3.8, 4) is 0 Å². The summed E-state index contributed by atoms with van der Waals surface area (Å²) >= 11 is 0. The standard InChI is InChI=1S/C18H23F3N2O2/c1-10(2)17-22-13-8-11(7-12(16(13)25-17)18(19,20)21)9-23(3)14-5-4-6-15(14)24/h7-8,10,14-15,24H,4-6,9H2,1-3H3/t14-,15-/m0/s1. The Bertz CT molecular complexity index is 755. The summed E-state index contributed by atoms with van der Waals surface area (Å²) in [7, 11) is 1.83. The van der Waals surface area contributed by atoms with E-state index in [4.69, 9.17) is 4.42 Å². The number of alkyl halides is 3. The zero-order valence-electron chi connectivity index (χ0n) is 14.6. The predicted octanol–water partition coefficient (Wildman–Crippen LogP) is 4.32. The molecule has 4 nitrogen and oxygen atoms in total. The lowest BCUT2D eigenvalue weighted by Gasteiger charge is -2.27. The summed E-state index contributed by atoms with van der Waals surface area (Å²) in [6.07, 6.45) is -2.40. The summed E-state index contributed by atoms with van der Waals surface area (Å²) in [4.78, 5) is 6.15. The first kappa shape index (κ1) is 18.2. The molecular formula is C18H23F3N2O2. The number of benzene rings is 1. The summed E-state index contributed by atoms with van der Waals surface area (Å²) < 4.78 is 45.8. The minimum absolute atomic E-state index is 0.0198. The topological polar surface area (TPSA) is 49.5 Å². The molecule has 0 amide bonds. The Morgan fingerprint density at radius 1 is 1.32 bits per heavy atom. The van der Waals surface area contributed by atoms with E-state index >= 15 is 0 Å². The molecule has 1 heterocycles. The first-order valence-electron chi connectivity index (χ1n) is 8.55. The highest BCUT2D eigenvalue weighted by Crippen LogP contribution is 2.37. The van der Waals surface area contributed by atoms with Gasteiger partial charge in [-0.15, -0.1) is 0 Å². The first-order valence-corrected chi connectivity index (χ1v) is 8.55. The normalized spacial score (nSPS) is 21.8. The van der Waals surface area contributed by atoms with E-state index in [9.17, 15) is 18.3 Å². The van der Waals surface area contributed by atoms with Crippen molar-refractivity contribution in [3.63, 3.8) is 0 Å². The van der Waals surface area contributed by atoms with E-state index in [0.717, 1.165) is 25.3 Å². The van der Waals surface area contributed by atoms with Gasteiger partial charge in [-0.05, 0) is 44.0 Å². The molecule has 2 aromatic rings. The molecule has 0 radical (unpaired) electrons. The molecule has 1 N–H and O–H groups in total. The van der Waals surface area contributed by atoms with Gasteiger partial charge in [-0.2, -0.15) is 13.2 Å². The van der Waals surface area contributed by atoms with Crippen molar-refractivity contribution in [2.75, 3.05) is 7.05 Å². The molecule has 7 heteroatoms. The molecule has 1 aliphatic rings. The van der Waals surface area contributed by atoms with E-state index in [0.29, 0.717) is 18.0 Å². The summed E-state index contributed by atoms with van der Waals surface area (Å²) in [5, 5.41) is 10.0. The molecule has 2 atom stereocenters. The van der Waals surface area contributed by atoms with Gasteiger partial charge in [0.15, 0.2) is 11.5 Å². The van der Waals surface area contributed by atoms with Crippen LogP contribution in [0.4, 0.5) is 13.2 Å². The molecule has 0 aliphatic heterocycles. The second-order valence-corrected chi connectivity index (χ2v) is 7.18. The number of aliphatic hydroxyl groups excluding tert-OH is 1. The lowest BCUT2D eigenvalue weighted by molar-refractivity contribution is -0.136. The maximum atomic E-state index is 13.5. The SMILES string of the molecule is CC(C)c1nc2cc(CN(C)[C@H]3CCC[C@@H]3O)cc(C(F)(F)F)c2o1. The highest BCUT2D eigenvalue weighted by Gasteiger charge is 2.36. The molecule has 0 saturated heterocycles. The van der Waals surface area contributed by atoms with Crippen LogP contribution in [0.1, 0.15) is 56.0 Å². The van der Waals surface area contributed by atoms with Gasteiger partial charge in [0.05, 0.1) is 6.10 Å². The third-order valence-corrected chi connectivity index (χ3v) is 4.81. The Morgan fingerprint density at radius 3 is 2.60 bits per heavy atom. The average molecular weight is 356 g/mol. The number of hydrogen-bond acceptors (Lipinski definition) is 4. The first-order chi connectivity index (χ1) is 11.7. The maximum absolute atomic E-state index is 13.5. The third kappa shape index (κ3) is 3.67. The largest absolute Gasteiger partial charge is 0.440 e. The molecule has 0 spiro atoms. The predicted molar refractivity (Wildman–Crippen MR) is 88.2 cm³/mol. The Labute approximate surface area is 144 Å². The number of aliphatic hydroxyl groups is 1. The van der Waals surface area contributed by atoms with Crippen molar-refractivity contribution in [2.24, 2.45) is 0 Å². The number of aromatic nitrogens is 1. The van der Waals surface area contributed by atoms with Crippen LogP contribution in [0.3, 0.4) is 0 Å². The molecule has 0 bridgehead atoms. The number of fused-ring (bicyclic) bond motifs is 1. The highest BCUT2D eigenvalue weighted by atomic mass is 19.4. The van der Waals surface area contributed by atoms with Gasteiger partial charge < -0.3 is 9.52 Å². The van der Waals surface area contributed by atoms with Crippen molar-refractivity contribution < 1.29 is 22.7 Å². The lowest BCUT2D eigenvalue weighted by atomic mass is 10.1. The minimum atomic E-state index is -4.51. The molecule has 3 rings (SSSR count). The van der Waals surface area contributed by atoms with E-state index < -0.39 is 17.8 Å². The average Bonchev–Trinajstić information content (AvgIpc) is 3.11. The van der Waals surface area contributed by atoms with Crippen molar-refractivity contribution >= 4 is 11.1 Å².